The normalized spacial score (nSPS) is 30.1. The van der Waals surface area contributed by atoms with Gasteiger partial charge in [-0.3, -0.25) is 4.90 Å². The van der Waals surface area contributed by atoms with E-state index in [-0.39, 0.29) is 5.66 Å². The number of nitrogens with zero attached hydrogens (tertiary/aromatic N) is 3. The first-order chi connectivity index (χ1) is 9.61. The van der Waals surface area contributed by atoms with E-state index in [2.05, 4.69) is 21.8 Å². The molecule has 3 rings (SSSR count). The van der Waals surface area contributed by atoms with Crippen LogP contribution in [0.25, 0.3) is 0 Å². The molecule has 0 saturated heterocycles. The smallest absolute Gasteiger partial charge is 0.220 e. The number of guanidine groups is 2. The molecule has 106 valence electrons. The summed E-state index contributed by atoms with van der Waals surface area (Å²) < 4.78 is 0. The van der Waals surface area contributed by atoms with Crippen molar-refractivity contribution in [2.24, 2.45) is 27.4 Å². The zero-order chi connectivity index (χ0) is 14.2. The molecule has 0 atom stereocenters. The second-order valence-corrected chi connectivity index (χ2v) is 5.78. The Morgan fingerprint density at radius 2 is 1.80 bits per heavy atom. The standard InChI is InChI=1S/C15H21N5/c1-11-7-9-15(10-8-11)19-13(16)18-14(17)20(15)12-5-3-2-4-6-12/h2-6,11H,7-10H2,1H3,(H4,16,17,18,19). The van der Waals surface area contributed by atoms with Gasteiger partial charge in [0.1, 0.15) is 5.66 Å². The first kappa shape index (κ1) is 13.0. The first-order valence-corrected chi connectivity index (χ1v) is 7.15. The van der Waals surface area contributed by atoms with Crippen LogP contribution in [0.1, 0.15) is 32.6 Å². The minimum absolute atomic E-state index is 0.296. The average Bonchev–Trinajstić information content (AvgIpc) is 2.43. The van der Waals surface area contributed by atoms with Gasteiger partial charge in [0.25, 0.3) is 0 Å². The number of para-hydroxylation sites is 1. The molecule has 1 aliphatic carbocycles. The molecule has 0 bridgehead atoms. The summed E-state index contributed by atoms with van der Waals surface area (Å²) in [5.74, 6) is 1.47. The van der Waals surface area contributed by atoms with Crippen molar-refractivity contribution in [1.29, 1.82) is 0 Å². The molecular weight excluding hydrogens is 250 g/mol. The second-order valence-electron chi connectivity index (χ2n) is 5.78. The minimum atomic E-state index is -0.357. The Balaban J connectivity index is 2.03. The van der Waals surface area contributed by atoms with Gasteiger partial charge in [0.05, 0.1) is 0 Å². The third-order valence-electron chi connectivity index (χ3n) is 4.29. The number of nitrogens with two attached hydrogens (primary N) is 2. The monoisotopic (exact) mass is 271 g/mol. The molecule has 20 heavy (non-hydrogen) atoms. The van der Waals surface area contributed by atoms with Crippen LogP contribution in [0.5, 0.6) is 0 Å². The lowest BCUT2D eigenvalue weighted by Gasteiger charge is -2.46. The van der Waals surface area contributed by atoms with Gasteiger partial charge in [-0.15, -0.1) is 0 Å². The fraction of sp³-hybridized carbons (Fsp3) is 0.467. The summed E-state index contributed by atoms with van der Waals surface area (Å²) in [7, 11) is 0. The molecule has 2 aliphatic rings. The predicted molar refractivity (Wildman–Crippen MR) is 82.5 cm³/mol. The Bertz CT molecular complexity index is 541. The van der Waals surface area contributed by atoms with Crippen LogP contribution in [0.15, 0.2) is 40.3 Å². The molecule has 1 aromatic carbocycles. The van der Waals surface area contributed by atoms with Crippen molar-refractivity contribution in [2.75, 3.05) is 4.90 Å². The molecule has 0 unspecified atom stereocenters. The van der Waals surface area contributed by atoms with Gasteiger partial charge in [0.2, 0.25) is 11.9 Å². The molecule has 0 aromatic heterocycles. The van der Waals surface area contributed by atoms with Crippen molar-refractivity contribution in [3.8, 4) is 0 Å². The molecule has 0 amide bonds. The molecular formula is C15H21N5. The Morgan fingerprint density at radius 1 is 1.15 bits per heavy atom. The lowest BCUT2D eigenvalue weighted by atomic mass is 9.81. The fourth-order valence-electron chi connectivity index (χ4n) is 3.18. The van der Waals surface area contributed by atoms with Crippen LogP contribution in [-0.2, 0) is 0 Å². The Morgan fingerprint density at radius 3 is 2.45 bits per heavy atom. The van der Waals surface area contributed by atoms with E-state index in [0.717, 1.165) is 37.3 Å². The van der Waals surface area contributed by atoms with Gasteiger partial charge in [0.15, 0.2) is 0 Å². The largest absolute Gasteiger partial charge is 0.369 e. The Kier molecular flexibility index (Phi) is 3.12. The lowest BCUT2D eigenvalue weighted by molar-refractivity contribution is 0.252. The summed E-state index contributed by atoms with van der Waals surface area (Å²) in [6.45, 7) is 2.28. The van der Waals surface area contributed by atoms with E-state index < -0.39 is 0 Å². The summed E-state index contributed by atoms with van der Waals surface area (Å²) >= 11 is 0. The topological polar surface area (TPSA) is 80.0 Å². The van der Waals surface area contributed by atoms with Gasteiger partial charge in [-0.2, -0.15) is 4.99 Å². The molecule has 1 aliphatic heterocycles. The molecule has 0 radical (unpaired) electrons. The van der Waals surface area contributed by atoms with E-state index in [1.54, 1.807) is 0 Å². The highest BCUT2D eigenvalue weighted by atomic mass is 15.4. The Hall–Kier alpha value is -2.04. The third-order valence-corrected chi connectivity index (χ3v) is 4.29. The van der Waals surface area contributed by atoms with Gasteiger partial charge < -0.3 is 11.5 Å². The fourth-order valence-corrected chi connectivity index (χ4v) is 3.18. The maximum absolute atomic E-state index is 6.16. The summed E-state index contributed by atoms with van der Waals surface area (Å²) in [6.07, 6.45) is 4.18. The molecule has 5 nitrogen and oxygen atoms in total. The second kappa shape index (κ2) is 4.81. The molecule has 1 aromatic rings. The van der Waals surface area contributed by atoms with Crippen LogP contribution in [0.2, 0.25) is 0 Å². The Labute approximate surface area is 119 Å². The van der Waals surface area contributed by atoms with Crippen molar-refractivity contribution >= 4 is 17.6 Å². The van der Waals surface area contributed by atoms with Crippen LogP contribution in [0.4, 0.5) is 5.69 Å². The van der Waals surface area contributed by atoms with E-state index in [1.165, 1.54) is 0 Å². The van der Waals surface area contributed by atoms with E-state index in [4.69, 9.17) is 11.5 Å². The SMILES string of the molecule is CC1CCC2(CC1)N=C(N)N=C(N)N2c1ccccc1. The van der Waals surface area contributed by atoms with Crippen molar-refractivity contribution in [1.82, 2.24) is 0 Å². The molecule has 1 heterocycles. The van der Waals surface area contributed by atoms with E-state index in [1.807, 2.05) is 30.3 Å². The highest BCUT2D eigenvalue weighted by molar-refractivity contribution is 6.05. The maximum atomic E-state index is 6.16. The summed E-state index contributed by atoms with van der Waals surface area (Å²) in [4.78, 5) is 10.9. The number of benzene rings is 1. The molecule has 4 N–H and O–H groups in total. The number of aliphatic imine (C=N–C) groups is 2. The van der Waals surface area contributed by atoms with Gasteiger partial charge in [-0.25, -0.2) is 4.99 Å². The van der Waals surface area contributed by atoms with Crippen molar-refractivity contribution in [3.63, 3.8) is 0 Å². The van der Waals surface area contributed by atoms with Gasteiger partial charge in [-0.1, -0.05) is 25.1 Å². The molecule has 1 spiro atoms. The van der Waals surface area contributed by atoms with Crippen molar-refractivity contribution < 1.29 is 0 Å². The summed E-state index contributed by atoms with van der Waals surface area (Å²) in [5, 5.41) is 0. The van der Waals surface area contributed by atoms with Gasteiger partial charge in [0, 0.05) is 5.69 Å². The summed E-state index contributed by atoms with van der Waals surface area (Å²) in [5.41, 5.74) is 12.7. The van der Waals surface area contributed by atoms with Crippen LogP contribution in [0, 0.1) is 5.92 Å². The zero-order valence-electron chi connectivity index (χ0n) is 11.8. The van der Waals surface area contributed by atoms with Gasteiger partial charge in [-0.05, 0) is 43.7 Å². The minimum Gasteiger partial charge on any atom is -0.369 e. The predicted octanol–water partition coefficient (Wildman–Crippen LogP) is 2.04. The summed E-state index contributed by atoms with van der Waals surface area (Å²) in [6, 6.07) is 10.1. The van der Waals surface area contributed by atoms with Gasteiger partial charge >= 0.3 is 0 Å². The van der Waals surface area contributed by atoms with E-state index in [9.17, 15) is 0 Å². The highest BCUT2D eigenvalue weighted by Gasteiger charge is 2.43. The highest BCUT2D eigenvalue weighted by Crippen LogP contribution is 2.41. The quantitative estimate of drug-likeness (QED) is 0.820. The average molecular weight is 271 g/mol. The first-order valence-electron chi connectivity index (χ1n) is 7.15. The molecule has 1 saturated carbocycles. The van der Waals surface area contributed by atoms with E-state index >= 15 is 0 Å². The zero-order valence-corrected chi connectivity index (χ0v) is 11.8. The molecule has 5 heteroatoms. The maximum Gasteiger partial charge on any atom is 0.220 e. The van der Waals surface area contributed by atoms with Crippen molar-refractivity contribution in [3.05, 3.63) is 30.3 Å². The van der Waals surface area contributed by atoms with Crippen LogP contribution in [0.3, 0.4) is 0 Å². The van der Waals surface area contributed by atoms with Crippen LogP contribution < -0.4 is 16.4 Å². The van der Waals surface area contributed by atoms with Crippen LogP contribution in [-0.4, -0.2) is 17.6 Å². The van der Waals surface area contributed by atoms with Crippen LogP contribution >= 0.6 is 0 Å². The van der Waals surface area contributed by atoms with E-state index in [0.29, 0.717) is 11.9 Å². The van der Waals surface area contributed by atoms with Crippen molar-refractivity contribution in [2.45, 2.75) is 38.3 Å². The number of hydrogen-bond donors (Lipinski definition) is 2. The number of anilines is 1. The molecule has 1 fully saturated rings. The number of hydrogen-bond acceptors (Lipinski definition) is 5. The third kappa shape index (κ3) is 2.13. The number of rotatable bonds is 1. The lowest BCUT2D eigenvalue weighted by Crippen LogP contribution is -2.58.